The van der Waals surface area contributed by atoms with Gasteiger partial charge in [0.15, 0.2) is 5.16 Å². The van der Waals surface area contributed by atoms with E-state index < -0.39 is 0 Å². The van der Waals surface area contributed by atoms with Crippen LogP contribution in [0, 0.1) is 0 Å². The second kappa shape index (κ2) is 4.91. The molecule has 0 amide bonds. The Morgan fingerprint density at radius 2 is 2.29 bits per heavy atom. The van der Waals surface area contributed by atoms with Crippen LogP contribution < -0.4 is 17.0 Å². The van der Waals surface area contributed by atoms with Crippen molar-refractivity contribution in [2.45, 2.75) is 11.7 Å². The fraction of sp³-hybridized carbons (Fsp3) is 0.222. The number of H-pyrrole nitrogens is 1. The molecule has 2 aromatic rings. The van der Waals surface area contributed by atoms with Crippen LogP contribution in [0.2, 0.25) is 0 Å². The summed E-state index contributed by atoms with van der Waals surface area (Å²) in [7, 11) is 0. The molecule has 17 heavy (non-hydrogen) atoms. The molecule has 0 fully saturated rings. The Labute approximate surface area is 101 Å². The lowest BCUT2D eigenvalue weighted by molar-refractivity contribution is 0.666. The first-order chi connectivity index (χ1) is 8.13. The first-order valence-corrected chi connectivity index (χ1v) is 5.89. The molecule has 90 valence electrons. The molecule has 0 saturated heterocycles. The summed E-state index contributed by atoms with van der Waals surface area (Å²) in [5, 5.41) is 4.55. The average molecular weight is 252 g/mol. The smallest absolute Gasteiger partial charge is 0.253 e. The lowest BCUT2D eigenvalue weighted by Crippen LogP contribution is -2.10. The molecule has 2 heterocycles. The quantitative estimate of drug-likeness (QED) is 0.518. The second-order valence-corrected chi connectivity index (χ2v) is 4.44. The van der Waals surface area contributed by atoms with Gasteiger partial charge in [-0.1, -0.05) is 11.8 Å². The third kappa shape index (κ3) is 3.25. The van der Waals surface area contributed by atoms with E-state index in [1.807, 2.05) is 0 Å². The molecule has 0 spiro atoms. The molecule has 0 aliphatic rings. The van der Waals surface area contributed by atoms with Crippen LogP contribution in [0.1, 0.15) is 0 Å². The Bertz CT molecular complexity index is 563. The highest BCUT2D eigenvalue weighted by Gasteiger charge is 2.00. The third-order valence-corrected chi connectivity index (χ3v) is 2.81. The van der Waals surface area contributed by atoms with Crippen LogP contribution in [-0.4, -0.2) is 25.5 Å². The minimum atomic E-state index is -0.247. The van der Waals surface area contributed by atoms with Crippen molar-refractivity contribution in [2.75, 3.05) is 17.2 Å². The van der Waals surface area contributed by atoms with Gasteiger partial charge in [0, 0.05) is 18.0 Å². The molecule has 2 rings (SSSR count). The number of nitrogens with two attached hydrogens (primary N) is 2. The number of aromatic nitrogens is 4. The van der Waals surface area contributed by atoms with Crippen LogP contribution in [0.3, 0.4) is 0 Å². The predicted octanol–water partition coefficient (Wildman–Crippen LogP) is -0.0769. The standard InChI is InChI=1S/C9H12N6OS/c10-6-4-12-15(5-6)1-2-17-9-13-7(11)3-8(16)14-9/h3-5H,1-2,10H2,(H3,11,13,14,16). The topological polar surface area (TPSA) is 116 Å². The summed E-state index contributed by atoms with van der Waals surface area (Å²) in [4.78, 5) is 17.7. The van der Waals surface area contributed by atoms with Gasteiger partial charge in [0.1, 0.15) is 5.82 Å². The van der Waals surface area contributed by atoms with Gasteiger partial charge in [-0.2, -0.15) is 5.10 Å². The summed E-state index contributed by atoms with van der Waals surface area (Å²) < 4.78 is 1.73. The van der Waals surface area contributed by atoms with Gasteiger partial charge in [0.2, 0.25) is 0 Å². The molecular weight excluding hydrogens is 240 g/mol. The second-order valence-electron chi connectivity index (χ2n) is 3.36. The zero-order valence-corrected chi connectivity index (χ0v) is 9.78. The van der Waals surface area contributed by atoms with E-state index in [2.05, 4.69) is 15.1 Å². The highest BCUT2D eigenvalue weighted by Crippen LogP contribution is 2.12. The Morgan fingerprint density at radius 3 is 2.94 bits per heavy atom. The van der Waals surface area contributed by atoms with Crippen molar-refractivity contribution in [3.63, 3.8) is 0 Å². The van der Waals surface area contributed by atoms with E-state index in [0.717, 1.165) is 0 Å². The maximum absolute atomic E-state index is 11.1. The number of nitrogen functional groups attached to an aromatic ring is 2. The summed E-state index contributed by atoms with van der Waals surface area (Å²) in [6, 6.07) is 1.25. The Kier molecular flexibility index (Phi) is 3.33. The van der Waals surface area contributed by atoms with Gasteiger partial charge >= 0.3 is 0 Å². The summed E-state index contributed by atoms with van der Waals surface area (Å²) in [6.07, 6.45) is 3.33. The first kappa shape index (κ1) is 11.5. The highest BCUT2D eigenvalue weighted by atomic mass is 32.2. The SMILES string of the molecule is Nc1cnn(CCSc2nc(N)cc(=O)[nH]2)c1. The molecule has 5 N–H and O–H groups in total. The zero-order valence-electron chi connectivity index (χ0n) is 8.96. The number of hydrogen-bond donors (Lipinski definition) is 3. The summed E-state index contributed by atoms with van der Waals surface area (Å²) in [5.41, 5.74) is 11.4. The number of nitrogens with one attached hydrogen (secondary N) is 1. The van der Waals surface area contributed by atoms with Gasteiger partial charge in [-0.15, -0.1) is 0 Å². The van der Waals surface area contributed by atoms with Gasteiger partial charge in [0.05, 0.1) is 18.4 Å². The number of nitrogens with zero attached hydrogens (tertiary/aromatic N) is 3. The number of aryl methyl sites for hydroxylation is 1. The number of rotatable bonds is 4. The number of aromatic amines is 1. The molecule has 0 atom stereocenters. The molecule has 0 unspecified atom stereocenters. The van der Waals surface area contributed by atoms with Gasteiger partial charge in [-0.25, -0.2) is 4.98 Å². The Hall–Kier alpha value is -1.96. The van der Waals surface area contributed by atoms with Crippen molar-refractivity contribution < 1.29 is 0 Å². The third-order valence-electron chi connectivity index (χ3n) is 1.95. The molecule has 0 radical (unpaired) electrons. The van der Waals surface area contributed by atoms with Crippen molar-refractivity contribution >= 4 is 23.3 Å². The van der Waals surface area contributed by atoms with Crippen LogP contribution in [-0.2, 0) is 6.54 Å². The van der Waals surface area contributed by atoms with Crippen molar-refractivity contribution in [2.24, 2.45) is 0 Å². The zero-order chi connectivity index (χ0) is 12.3. The van der Waals surface area contributed by atoms with E-state index in [-0.39, 0.29) is 11.4 Å². The molecule has 0 aromatic carbocycles. The minimum absolute atomic E-state index is 0.222. The molecule has 2 aromatic heterocycles. The largest absolute Gasteiger partial charge is 0.396 e. The molecule has 0 aliphatic carbocycles. The minimum Gasteiger partial charge on any atom is -0.396 e. The van der Waals surface area contributed by atoms with Crippen LogP contribution in [0.5, 0.6) is 0 Å². The van der Waals surface area contributed by atoms with Crippen LogP contribution in [0.25, 0.3) is 0 Å². The number of thioether (sulfide) groups is 1. The van der Waals surface area contributed by atoms with E-state index in [1.54, 1.807) is 17.1 Å². The maximum atomic E-state index is 11.1. The van der Waals surface area contributed by atoms with Crippen LogP contribution >= 0.6 is 11.8 Å². The molecule has 0 bridgehead atoms. The van der Waals surface area contributed by atoms with Crippen molar-refractivity contribution in [1.82, 2.24) is 19.7 Å². The monoisotopic (exact) mass is 252 g/mol. The summed E-state index contributed by atoms with van der Waals surface area (Å²) in [6.45, 7) is 0.681. The highest BCUT2D eigenvalue weighted by molar-refractivity contribution is 7.99. The molecular formula is C9H12N6OS. The van der Waals surface area contributed by atoms with Crippen LogP contribution in [0.4, 0.5) is 11.5 Å². The van der Waals surface area contributed by atoms with E-state index in [4.69, 9.17) is 11.5 Å². The van der Waals surface area contributed by atoms with Crippen molar-refractivity contribution in [3.05, 3.63) is 28.8 Å². The number of hydrogen-bond acceptors (Lipinski definition) is 6. The van der Waals surface area contributed by atoms with Crippen molar-refractivity contribution in [1.29, 1.82) is 0 Å². The fourth-order valence-corrected chi connectivity index (χ4v) is 2.07. The lowest BCUT2D eigenvalue weighted by Gasteiger charge is -2.01. The predicted molar refractivity (Wildman–Crippen MR) is 66.6 cm³/mol. The summed E-state index contributed by atoms with van der Waals surface area (Å²) in [5.74, 6) is 0.938. The normalized spacial score (nSPS) is 10.6. The van der Waals surface area contributed by atoms with E-state index in [0.29, 0.717) is 23.1 Å². The molecule has 7 nitrogen and oxygen atoms in total. The summed E-state index contributed by atoms with van der Waals surface area (Å²) >= 11 is 1.40. The van der Waals surface area contributed by atoms with E-state index >= 15 is 0 Å². The molecule has 8 heteroatoms. The van der Waals surface area contributed by atoms with E-state index in [1.165, 1.54) is 17.8 Å². The van der Waals surface area contributed by atoms with Crippen LogP contribution in [0.15, 0.2) is 28.4 Å². The van der Waals surface area contributed by atoms with Crippen molar-refractivity contribution in [3.8, 4) is 0 Å². The Morgan fingerprint density at radius 1 is 1.47 bits per heavy atom. The van der Waals surface area contributed by atoms with Gasteiger partial charge in [0.25, 0.3) is 5.56 Å². The van der Waals surface area contributed by atoms with Gasteiger partial charge in [-0.05, 0) is 0 Å². The maximum Gasteiger partial charge on any atom is 0.253 e. The Balaban J connectivity index is 1.92. The fourth-order valence-electron chi connectivity index (χ4n) is 1.26. The van der Waals surface area contributed by atoms with E-state index in [9.17, 15) is 4.79 Å². The average Bonchev–Trinajstić information content (AvgIpc) is 2.63. The molecule has 0 aliphatic heterocycles. The molecule has 0 saturated carbocycles. The lowest BCUT2D eigenvalue weighted by atomic mass is 10.6. The first-order valence-electron chi connectivity index (χ1n) is 4.91. The number of anilines is 2. The van der Waals surface area contributed by atoms with Gasteiger partial charge < -0.3 is 16.5 Å². The van der Waals surface area contributed by atoms with Gasteiger partial charge in [-0.3, -0.25) is 9.48 Å².